The Kier molecular flexibility index (Phi) is 5.31. The van der Waals surface area contributed by atoms with E-state index in [4.69, 9.17) is 10.00 Å². The molecule has 2 fully saturated rings. The van der Waals surface area contributed by atoms with Gasteiger partial charge in [-0.2, -0.15) is 5.26 Å². The number of hydrogen-bond acceptors (Lipinski definition) is 6. The summed E-state index contributed by atoms with van der Waals surface area (Å²) in [6.45, 7) is -0.225. The number of hydrogen-bond donors (Lipinski definition) is 1. The number of aliphatic carboxylic acids is 1. The van der Waals surface area contributed by atoms with Gasteiger partial charge in [-0.05, 0) is 43.4 Å². The van der Waals surface area contributed by atoms with Gasteiger partial charge in [0.25, 0.3) is 0 Å². The first-order valence-electron chi connectivity index (χ1n) is 8.85. The van der Waals surface area contributed by atoms with Crippen molar-refractivity contribution in [3.05, 3.63) is 35.4 Å². The summed E-state index contributed by atoms with van der Waals surface area (Å²) in [5.74, 6) is -1.41. The summed E-state index contributed by atoms with van der Waals surface area (Å²) in [4.78, 5) is 35.9. The van der Waals surface area contributed by atoms with Gasteiger partial charge in [-0.3, -0.25) is 9.69 Å². The van der Waals surface area contributed by atoms with Gasteiger partial charge in [0, 0.05) is 6.04 Å². The molecule has 2 amide bonds. The van der Waals surface area contributed by atoms with Gasteiger partial charge in [0.05, 0.1) is 37.1 Å². The first-order valence-corrected chi connectivity index (χ1v) is 8.85. The molecule has 3 rings (SSSR count). The van der Waals surface area contributed by atoms with Crippen LogP contribution in [0.2, 0.25) is 0 Å². The van der Waals surface area contributed by atoms with Gasteiger partial charge in [0.2, 0.25) is 5.91 Å². The van der Waals surface area contributed by atoms with E-state index < -0.39 is 24.2 Å². The monoisotopic (exact) mass is 370 g/mol. The van der Waals surface area contributed by atoms with Crippen LogP contribution >= 0.6 is 0 Å². The Hall–Kier alpha value is -3.08. The predicted molar refractivity (Wildman–Crippen MR) is 91.1 cm³/mol. The Balaban J connectivity index is 1.48. The van der Waals surface area contributed by atoms with Gasteiger partial charge >= 0.3 is 6.09 Å². The average molecular weight is 370 g/mol. The van der Waals surface area contributed by atoms with Crippen molar-refractivity contribution in [3.8, 4) is 6.07 Å². The molecule has 0 radical (unpaired) electrons. The summed E-state index contributed by atoms with van der Waals surface area (Å²) >= 11 is 0. The topological polar surface area (TPSA) is 123 Å². The second-order valence-electron chi connectivity index (χ2n) is 7.11. The Morgan fingerprint density at radius 2 is 1.96 bits per heavy atom. The summed E-state index contributed by atoms with van der Waals surface area (Å²) in [6.07, 6.45) is 2.08. The third kappa shape index (κ3) is 4.56. The Bertz CT molecular complexity index is 776. The standard InChI is InChI=1S/C19H21N3O5/c20-10-14-3-1-13(2-4-14)9-16(23)21-15-5-7-19(8-6-15)12-22(11-17(24)25)18(26)27-19/h1-4,15H,5-9,11-12H2,(H,21,23)(H,24,25)/p-1. The SMILES string of the molecule is N#Cc1ccc(CC(=O)NC2CCC3(CC2)CN(CC(=O)[O-])C(=O)O3)cc1. The molecule has 1 saturated carbocycles. The number of nitriles is 1. The van der Waals surface area contributed by atoms with Gasteiger partial charge in [-0.25, -0.2) is 4.79 Å². The summed E-state index contributed by atoms with van der Waals surface area (Å²) in [7, 11) is 0. The van der Waals surface area contributed by atoms with Crippen molar-refractivity contribution < 1.29 is 24.2 Å². The van der Waals surface area contributed by atoms with Crippen molar-refractivity contribution >= 4 is 18.0 Å². The fraction of sp³-hybridized carbons (Fsp3) is 0.474. The molecule has 142 valence electrons. The first-order chi connectivity index (χ1) is 12.9. The van der Waals surface area contributed by atoms with Crippen LogP contribution in [0, 0.1) is 11.3 Å². The van der Waals surface area contributed by atoms with Crippen molar-refractivity contribution in [1.82, 2.24) is 10.2 Å². The lowest BCUT2D eigenvalue weighted by Gasteiger charge is -2.35. The number of carboxylic acids is 1. The number of nitrogens with zero attached hydrogens (tertiary/aromatic N) is 2. The summed E-state index contributed by atoms with van der Waals surface area (Å²) in [5.41, 5.74) is 0.720. The average Bonchev–Trinajstić information content (AvgIpc) is 2.92. The van der Waals surface area contributed by atoms with Gasteiger partial charge in [-0.1, -0.05) is 12.1 Å². The molecule has 1 aliphatic heterocycles. The highest BCUT2D eigenvalue weighted by Gasteiger charge is 2.47. The highest BCUT2D eigenvalue weighted by atomic mass is 16.6. The molecule has 8 nitrogen and oxygen atoms in total. The van der Waals surface area contributed by atoms with E-state index in [0.717, 1.165) is 10.5 Å². The zero-order valence-corrected chi connectivity index (χ0v) is 14.8. The molecule has 1 N–H and O–H groups in total. The highest BCUT2D eigenvalue weighted by Crippen LogP contribution is 2.37. The van der Waals surface area contributed by atoms with Crippen molar-refractivity contribution in [2.45, 2.75) is 43.7 Å². The molecule has 8 heteroatoms. The number of amides is 2. The number of carboxylic acid groups (broad SMARTS) is 1. The Labute approximate surface area is 156 Å². The lowest BCUT2D eigenvalue weighted by Crippen LogP contribution is -2.46. The zero-order valence-electron chi connectivity index (χ0n) is 14.8. The minimum atomic E-state index is -1.31. The summed E-state index contributed by atoms with van der Waals surface area (Å²) in [6, 6.07) is 8.92. The maximum Gasteiger partial charge on any atom is 0.410 e. The number of carbonyl (C=O) groups excluding carboxylic acids is 3. The first kappa shape index (κ1) is 18.7. The lowest BCUT2D eigenvalue weighted by molar-refractivity contribution is -0.305. The molecule has 1 aromatic carbocycles. The molecule has 0 bridgehead atoms. The quantitative estimate of drug-likeness (QED) is 0.784. The van der Waals surface area contributed by atoms with E-state index >= 15 is 0 Å². The van der Waals surface area contributed by atoms with Crippen LogP contribution in [0.4, 0.5) is 4.79 Å². The van der Waals surface area contributed by atoms with Crippen LogP contribution in [0.25, 0.3) is 0 Å². The van der Waals surface area contributed by atoms with E-state index in [9.17, 15) is 19.5 Å². The van der Waals surface area contributed by atoms with E-state index in [2.05, 4.69) is 5.32 Å². The lowest BCUT2D eigenvalue weighted by atomic mass is 9.82. The number of nitrogens with one attached hydrogen (secondary N) is 1. The van der Waals surface area contributed by atoms with E-state index in [1.54, 1.807) is 24.3 Å². The van der Waals surface area contributed by atoms with E-state index in [0.29, 0.717) is 31.2 Å². The minimum Gasteiger partial charge on any atom is -0.548 e. The normalized spacial score (nSPS) is 24.3. The van der Waals surface area contributed by atoms with E-state index in [1.165, 1.54) is 0 Å². The van der Waals surface area contributed by atoms with Gasteiger partial charge in [0.1, 0.15) is 5.60 Å². The van der Waals surface area contributed by atoms with E-state index in [-0.39, 0.29) is 24.9 Å². The number of benzene rings is 1. The Morgan fingerprint density at radius 3 is 2.56 bits per heavy atom. The number of ether oxygens (including phenoxy) is 1. The molecule has 1 aromatic rings. The van der Waals surface area contributed by atoms with Crippen LogP contribution in [0.3, 0.4) is 0 Å². The molecule has 27 heavy (non-hydrogen) atoms. The summed E-state index contributed by atoms with van der Waals surface area (Å²) < 4.78 is 5.43. The van der Waals surface area contributed by atoms with Crippen LogP contribution < -0.4 is 10.4 Å². The van der Waals surface area contributed by atoms with Gasteiger partial charge < -0.3 is 20.0 Å². The molecular formula is C19H20N3O5-. The van der Waals surface area contributed by atoms with Crippen molar-refractivity contribution in [3.63, 3.8) is 0 Å². The van der Waals surface area contributed by atoms with Crippen molar-refractivity contribution in [1.29, 1.82) is 5.26 Å². The van der Waals surface area contributed by atoms with Crippen molar-refractivity contribution in [2.75, 3.05) is 13.1 Å². The molecule has 1 spiro atoms. The number of rotatable bonds is 5. The highest BCUT2D eigenvalue weighted by molar-refractivity contribution is 5.79. The predicted octanol–water partition coefficient (Wildman–Crippen LogP) is 0.100. The second-order valence-corrected chi connectivity index (χ2v) is 7.11. The second kappa shape index (κ2) is 7.66. The van der Waals surface area contributed by atoms with Crippen LogP contribution in [0.15, 0.2) is 24.3 Å². The molecule has 1 saturated heterocycles. The maximum atomic E-state index is 12.2. The third-order valence-corrected chi connectivity index (χ3v) is 5.07. The molecule has 1 aliphatic carbocycles. The van der Waals surface area contributed by atoms with Crippen LogP contribution in [-0.4, -0.2) is 47.6 Å². The van der Waals surface area contributed by atoms with Crippen LogP contribution in [0.5, 0.6) is 0 Å². The van der Waals surface area contributed by atoms with Crippen LogP contribution in [-0.2, 0) is 20.7 Å². The molecule has 0 atom stereocenters. The van der Waals surface area contributed by atoms with E-state index in [1.807, 2.05) is 6.07 Å². The zero-order chi connectivity index (χ0) is 19.4. The molecule has 0 unspecified atom stereocenters. The molecular weight excluding hydrogens is 350 g/mol. The Morgan fingerprint density at radius 1 is 1.30 bits per heavy atom. The maximum absolute atomic E-state index is 12.2. The molecule has 1 heterocycles. The van der Waals surface area contributed by atoms with Gasteiger partial charge in [-0.15, -0.1) is 0 Å². The number of carbonyl (C=O) groups is 3. The fourth-order valence-corrected chi connectivity index (χ4v) is 3.68. The molecule has 0 aromatic heterocycles. The fourth-order valence-electron chi connectivity index (χ4n) is 3.68. The van der Waals surface area contributed by atoms with Crippen LogP contribution in [0.1, 0.15) is 36.8 Å². The van der Waals surface area contributed by atoms with Gasteiger partial charge in [0.15, 0.2) is 0 Å². The molecule has 2 aliphatic rings. The van der Waals surface area contributed by atoms with Crippen molar-refractivity contribution in [2.24, 2.45) is 0 Å². The summed E-state index contributed by atoms with van der Waals surface area (Å²) in [5, 5.41) is 22.5. The smallest absolute Gasteiger partial charge is 0.410 e. The third-order valence-electron chi connectivity index (χ3n) is 5.07. The largest absolute Gasteiger partial charge is 0.548 e. The minimum absolute atomic E-state index is 0.00426.